The van der Waals surface area contributed by atoms with Crippen LogP contribution < -0.4 is 14.8 Å². The summed E-state index contributed by atoms with van der Waals surface area (Å²) in [5.41, 5.74) is 2.39. The molecule has 1 fully saturated rings. The number of ether oxygens (including phenoxy) is 8. The molecule has 1 aliphatic heterocycles. The number of benzene rings is 3. The molecule has 0 aliphatic carbocycles. The third-order valence-electron chi connectivity index (χ3n) is 7.22. The Labute approximate surface area is 288 Å². The van der Waals surface area contributed by atoms with Crippen molar-refractivity contribution in [2.75, 3.05) is 13.7 Å². The summed E-state index contributed by atoms with van der Waals surface area (Å²) in [6.45, 7) is 3.76. The molecular weight excluding hydrogens is 654 g/mol. The molecule has 1 amide bonds. The van der Waals surface area contributed by atoms with E-state index >= 15 is 0 Å². The van der Waals surface area contributed by atoms with Gasteiger partial charge >= 0.3 is 30.0 Å². The van der Waals surface area contributed by atoms with Gasteiger partial charge in [0.15, 0.2) is 29.8 Å². The number of alkyl carbamates (subject to hydrolysis) is 1. The van der Waals surface area contributed by atoms with Gasteiger partial charge in [-0.1, -0.05) is 66.7 Å². The Morgan fingerprint density at radius 1 is 0.680 bits per heavy atom. The van der Waals surface area contributed by atoms with Crippen LogP contribution in [0.4, 0.5) is 4.79 Å². The molecule has 14 nitrogen and oxygen atoms in total. The molecule has 0 spiro atoms. The van der Waals surface area contributed by atoms with E-state index in [2.05, 4.69) is 5.32 Å². The predicted molar refractivity (Wildman–Crippen MR) is 174 cm³/mol. The molecule has 14 heteroatoms. The van der Waals surface area contributed by atoms with E-state index in [9.17, 15) is 24.0 Å². The highest BCUT2D eigenvalue weighted by Gasteiger charge is 2.56. The second-order valence-electron chi connectivity index (χ2n) is 11.1. The van der Waals surface area contributed by atoms with E-state index in [0.29, 0.717) is 12.0 Å². The van der Waals surface area contributed by atoms with Gasteiger partial charge in [0.05, 0.1) is 7.11 Å². The molecule has 1 heterocycles. The summed E-state index contributed by atoms with van der Waals surface area (Å²) < 4.78 is 44.7. The summed E-state index contributed by atoms with van der Waals surface area (Å²) >= 11 is 0. The SMILES string of the molecule is COC(=O)[C@H]1O[C@@H](Oc2cc(CCNC(=O)OCc3ccccc3)ccc2OCc2ccccc2)[C@H](OC(C)=O)[C@@H](OC(C)=O)[C@@H]1OC(C)=O. The van der Waals surface area contributed by atoms with Crippen LogP contribution in [-0.2, 0) is 67.2 Å². The Hall–Kier alpha value is -5.63. The lowest BCUT2D eigenvalue weighted by molar-refractivity contribution is -0.282. The molecule has 1 aliphatic rings. The van der Waals surface area contributed by atoms with Crippen molar-refractivity contribution in [2.24, 2.45) is 0 Å². The lowest BCUT2D eigenvalue weighted by Crippen LogP contribution is -2.64. The van der Waals surface area contributed by atoms with Crippen LogP contribution >= 0.6 is 0 Å². The average Bonchev–Trinajstić information content (AvgIpc) is 3.09. The fourth-order valence-corrected chi connectivity index (χ4v) is 5.04. The zero-order chi connectivity index (χ0) is 36.0. The van der Waals surface area contributed by atoms with Gasteiger partial charge in [-0.25, -0.2) is 9.59 Å². The van der Waals surface area contributed by atoms with Crippen LogP contribution in [0.15, 0.2) is 78.9 Å². The molecule has 0 bridgehead atoms. The zero-order valence-electron chi connectivity index (χ0n) is 28.0. The molecule has 50 heavy (non-hydrogen) atoms. The van der Waals surface area contributed by atoms with E-state index in [1.54, 1.807) is 18.2 Å². The normalized spacial score (nSPS) is 19.6. The minimum Gasteiger partial charge on any atom is -0.485 e. The predicted octanol–water partition coefficient (Wildman–Crippen LogP) is 3.81. The highest BCUT2D eigenvalue weighted by molar-refractivity contribution is 5.77. The molecule has 0 saturated carbocycles. The fraction of sp³-hybridized carbons (Fsp3) is 0.361. The number of hydrogen-bond acceptors (Lipinski definition) is 13. The Morgan fingerprint density at radius 3 is 1.86 bits per heavy atom. The summed E-state index contributed by atoms with van der Waals surface area (Å²) in [7, 11) is 1.09. The summed E-state index contributed by atoms with van der Waals surface area (Å²) in [4.78, 5) is 61.7. The van der Waals surface area contributed by atoms with Gasteiger partial charge in [-0.2, -0.15) is 0 Å². The summed E-state index contributed by atoms with van der Waals surface area (Å²) in [6, 6.07) is 23.6. The van der Waals surface area contributed by atoms with Crippen LogP contribution in [0.3, 0.4) is 0 Å². The van der Waals surface area contributed by atoms with Crippen molar-refractivity contribution >= 4 is 30.0 Å². The quantitative estimate of drug-likeness (QED) is 0.191. The molecule has 0 unspecified atom stereocenters. The first-order valence-corrected chi connectivity index (χ1v) is 15.7. The van der Waals surface area contributed by atoms with Crippen molar-refractivity contribution in [3.63, 3.8) is 0 Å². The van der Waals surface area contributed by atoms with Gasteiger partial charge in [0.1, 0.15) is 13.2 Å². The Bertz CT molecular complexity index is 1610. The fourth-order valence-electron chi connectivity index (χ4n) is 5.04. The number of nitrogens with one attached hydrogen (secondary N) is 1. The molecule has 5 atom stereocenters. The van der Waals surface area contributed by atoms with Gasteiger partial charge in [-0.3, -0.25) is 14.4 Å². The number of methoxy groups -OCH3 is 1. The molecule has 1 saturated heterocycles. The number of carbonyl (C=O) groups excluding carboxylic acids is 5. The van der Waals surface area contributed by atoms with Gasteiger partial charge in [0.25, 0.3) is 0 Å². The lowest BCUT2D eigenvalue weighted by atomic mass is 9.97. The molecule has 3 aromatic rings. The van der Waals surface area contributed by atoms with Crippen molar-refractivity contribution in [1.29, 1.82) is 0 Å². The molecule has 266 valence electrons. The second-order valence-corrected chi connectivity index (χ2v) is 11.1. The average molecular weight is 694 g/mol. The molecule has 0 radical (unpaired) electrons. The molecule has 4 rings (SSSR count). The van der Waals surface area contributed by atoms with E-state index in [4.69, 9.17) is 37.9 Å². The molecule has 3 aromatic carbocycles. The Balaban J connectivity index is 1.61. The third kappa shape index (κ3) is 11.0. The summed E-state index contributed by atoms with van der Waals surface area (Å²) in [6.07, 6.45) is -8.11. The van der Waals surface area contributed by atoms with E-state index in [-0.39, 0.29) is 31.3 Å². The first kappa shape index (κ1) is 37.2. The van der Waals surface area contributed by atoms with Crippen molar-refractivity contribution in [3.05, 3.63) is 95.6 Å². The van der Waals surface area contributed by atoms with Crippen LogP contribution in [0.1, 0.15) is 37.5 Å². The van der Waals surface area contributed by atoms with E-state index < -0.39 is 60.7 Å². The summed E-state index contributed by atoms with van der Waals surface area (Å²) in [5.74, 6) is -3.07. The van der Waals surface area contributed by atoms with Crippen molar-refractivity contribution in [2.45, 2.75) is 71.1 Å². The van der Waals surface area contributed by atoms with Gasteiger partial charge in [0.2, 0.25) is 12.4 Å². The lowest BCUT2D eigenvalue weighted by Gasteiger charge is -2.43. The second kappa shape index (κ2) is 18.2. The van der Waals surface area contributed by atoms with Crippen LogP contribution in [0.5, 0.6) is 11.5 Å². The third-order valence-corrected chi connectivity index (χ3v) is 7.22. The topological polar surface area (TPSA) is 171 Å². The van der Waals surface area contributed by atoms with E-state index in [0.717, 1.165) is 39.0 Å². The van der Waals surface area contributed by atoms with Crippen LogP contribution in [0.2, 0.25) is 0 Å². The number of amides is 1. The van der Waals surface area contributed by atoms with Gasteiger partial charge in [-0.05, 0) is 35.2 Å². The monoisotopic (exact) mass is 693 g/mol. The molecular formula is C36H39NO13. The first-order valence-electron chi connectivity index (χ1n) is 15.7. The minimum absolute atomic E-state index is 0.100. The van der Waals surface area contributed by atoms with Gasteiger partial charge < -0.3 is 43.2 Å². The maximum Gasteiger partial charge on any atom is 0.407 e. The van der Waals surface area contributed by atoms with Crippen LogP contribution in [0, 0.1) is 0 Å². The maximum absolute atomic E-state index is 12.9. The highest BCUT2D eigenvalue weighted by Crippen LogP contribution is 2.35. The molecule has 1 N–H and O–H groups in total. The summed E-state index contributed by atoms with van der Waals surface area (Å²) in [5, 5.41) is 2.70. The van der Waals surface area contributed by atoms with Crippen molar-refractivity contribution < 1.29 is 61.9 Å². The van der Waals surface area contributed by atoms with Crippen molar-refractivity contribution in [3.8, 4) is 11.5 Å². The highest BCUT2D eigenvalue weighted by atomic mass is 16.7. The number of esters is 4. The van der Waals surface area contributed by atoms with Crippen LogP contribution in [0.25, 0.3) is 0 Å². The van der Waals surface area contributed by atoms with Crippen LogP contribution in [-0.4, -0.2) is 74.3 Å². The minimum atomic E-state index is -1.65. The van der Waals surface area contributed by atoms with Gasteiger partial charge in [-0.15, -0.1) is 0 Å². The number of hydrogen-bond donors (Lipinski definition) is 1. The maximum atomic E-state index is 12.9. The van der Waals surface area contributed by atoms with Crippen molar-refractivity contribution in [1.82, 2.24) is 5.32 Å². The largest absolute Gasteiger partial charge is 0.485 e. The zero-order valence-corrected chi connectivity index (χ0v) is 28.0. The van der Waals surface area contributed by atoms with Gasteiger partial charge in [0, 0.05) is 27.3 Å². The number of rotatable bonds is 14. The Kier molecular flexibility index (Phi) is 13.6. The standard InChI is InChI=1S/C36H39NO13/c1-22(38)46-30-31(47-23(2)39)33(48-24(3)40)35(50-32(30)34(41)43-4)49-29-19-25(15-16-28(29)44-20-26-11-7-5-8-12-26)17-18-37-36(42)45-21-27-13-9-6-10-14-27/h5-16,19,30-33,35H,17-18,20-21H2,1-4H3,(H,37,42)/t30-,31-,32-,33+,35+/m0/s1. The van der Waals surface area contributed by atoms with E-state index in [1.807, 2.05) is 60.7 Å². The Morgan fingerprint density at radius 2 is 1.26 bits per heavy atom. The number of carbonyl (C=O) groups is 5. The first-order chi connectivity index (χ1) is 24.0. The smallest absolute Gasteiger partial charge is 0.407 e. The van der Waals surface area contributed by atoms with E-state index in [1.165, 1.54) is 0 Å². The molecule has 0 aromatic heterocycles.